The van der Waals surface area contributed by atoms with Gasteiger partial charge in [-0.15, -0.1) is 0 Å². The second-order valence-electron chi connectivity index (χ2n) is 5.38. The van der Waals surface area contributed by atoms with E-state index in [4.69, 9.17) is 27.9 Å². The number of benzene rings is 2. The molecule has 0 saturated carbocycles. The summed E-state index contributed by atoms with van der Waals surface area (Å²) in [6.45, 7) is 3.62. The molecule has 2 aromatic carbocycles. The van der Waals surface area contributed by atoms with Crippen molar-refractivity contribution in [3.63, 3.8) is 0 Å². The van der Waals surface area contributed by atoms with Gasteiger partial charge in [-0.3, -0.25) is 0 Å². The van der Waals surface area contributed by atoms with E-state index in [1.165, 1.54) is 0 Å². The predicted molar refractivity (Wildman–Crippen MR) is 92.1 cm³/mol. The third-order valence-electron chi connectivity index (χ3n) is 3.26. The first-order chi connectivity index (χ1) is 11.0. The molecule has 0 unspecified atom stereocenters. The Kier molecular flexibility index (Phi) is 4.28. The van der Waals surface area contributed by atoms with Gasteiger partial charge < -0.3 is 9.72 Å². The number of fused-ring (bicyclic) bond motifs is 1. The molecule has 6 heteroatoms. The minimum absolute atomic E-state index is 0.168. The standard InChI is InChI=1S/C17H14Cl2N2O2/c1-9(2)23-17(22)11-5-3-4-10(8-11)16-20-13-7-6-12(18)14(19)15(13)21-16/h3-9H,1-2H3,(H,20,21). The summed E-state index contributed by atoms with van der Waals surface area (Å²) in [4.78, 5) is 19.7. The highest BCUT2D eigenvalue weighted by molar-refractivity contribution is 6.44. The Bertz CT molecular complexity index is 887. The Morgan fingerprint density at radius 1 is 1.22 bits per heavy atom. The fourth-order valence-corrected chi connectivity index (χ4v) is 2.59. The number of imidazole rings is 1. The number of nitrogens with zero attached hydrogens (tertiary/aromatic N) is 1. The van der Waals surface area contributed by atoms with Crippen LogP contribution in [0.5, 0.6) is 0 Å². The molecule has 1 N–H and O–H groups in total. The fraction of sp³-hybridized carbons (Fsp3) is 0.176. The lowest BCUT2D eigenvalue weighted by molar-refractivity contribution is 0.0378. The van der Waals surface area contributed by atoms with E-state index in [0.29, 0.717) is 26.9 Å². The van der Waals surface area contributed by atoms with E-state index in [9.17, 15) is 4.79 Å². The molecule has 0 aliphatic heterocycles. The van der Waals surface area contributed by atoms with Gasteiger partial charge in [0.25, 0.3) is 0 Å². The Morgan fingerprint density at radius 2 is 2.00 bits per heavy atom. The van der Waals surface area contributed by atoms with Crippen LogP contribution in [0.1, 0.15) is 24.2 Å². The van der Waals surface area contributed by atoms with Gasteiger partial charge in [0, 0.05) is 5.56 Å². The van der Waals surface area contributed by atoms with Gasteiger partial charge in [-0.1, -0.05) is 35.3 Å². The van der Waals surface area contributed by atoms with Gasteiger partial charge >= 0.3 is 5.97 Å². The van der Waals surface area contributed by atoms with E-state index in [1.54, 1.807) is 24.3 Å². The summed E-state index contributed by atoms with van der Waals surface area (Å²) in [6, 6.07) is 10.6. The number of aromatic nitrogens is 2. The van der Waals surface area contributed by atoms with Crippen molar-refractivity contribution in [1.82, 2.24) is 9.97 Å². The molecular formula is C17H14Cl2N2O2. The van der Waals surface area contributed by atoms with Crippen LogP contribution in [-0.2, 0) is 4.74 Å². The van der Waals surface area contributed by atoms with Crippen molar-refractivity contribution in [3.8, 4) is 11.4 Å². The van der Waals surface area contributed by atoms with E-state index >= 15 is 0 Å². The topological polar surface area (TPSA) is 55.0 Å². The predicted octanol–water partition coefficient (Wildman–Crippen LogP) is 5.10. The second kappa shape index (κ2) is 6.22. The Hall–Kier alpha value is -2.04. The van der Waals surface area contributed by atoms with Crippen molar-refractivity contribution in [1.29, 1.82) is 0 Å². The summed E-state index contributed by atoms with van der Waals surface area (Å²) >= 11 is 12.2. The molecule has 1 heterocycles. The van der Waals surface area contributed by atoms with Gasteiger partial charge in [-0.25, -0.2) is 9.78 Å². The number of esters is 1. The van der Waals surface area contributed by atoms with Gasteiger partial charge in [0.05, 0.1) is 27.2 Å². The normalized spacial score (nSPS) is 11.2. The molecule has 0 aliphatic rings. The summed E-state index contributed by atoms with van der Waals surface area (Å²) in [7, 11) is 0. The van der Waals surface area contributed by atoms with Crippen LogP contribution in [0, 0.1) is 0 Å². The number of hydrogen-bond acceptors (Lipinski definition) is 3. The largest absolute Gasteiger partial charge is 0.459 e. The van der Waals surface area contributed by atoms with Crippen molar-refractivity contribution in [2.24, 2.45) is 0 Å². The lowest BCUT2D eigenvalue weighted by Crippen LogP contribution is -2.11. The van der Waals surface area contributed by atoms with Crippen LogP contribution in [0.4, 0.5) is 0 Å². The maximum atomic E-state index is 12.0. The first kappa shape index (κ1) is 15.8. The van der Waals surface area contributed by atoms with Crippen LogP contribution >= 0.6 is 23.2 Å². The SMILES string of the molecule is CC(C)OC(=O)c1cccc(-c2nc3c(Cl)c(Cl)ccc3[nH]2)c1. The van der Waals surface area contributed by atoms with E-state index in [0.717, 1.165) is 11.1 Å². The van der Waals surface area contributed by atoms with Crippen molar-refractivity contribution in [3.05, 3.63) is 52.0 Å². The van der Waals surface area contributed by atoms with Crippen molar-refractivity contribution in [2.75, 3.05) is 0 Å². The number of ether oxygens (including phenoxy) is 1. The number of H-pyrrole nitrogens is 1. The maximum Gasteiger partial charge on any atom is 0.338 e. The Labute approximate surface area is 143 Å². The summed E-state index contributed by atoms with van der Waals surface area (Å²) in [6.07, 6.45) is -0.168. The number of hydrogen-bond donors (Lipinski definition) is 1. The molecule has 0 spiro atoms. The van der Waals surface area contributed by atoms with E-state index in [-0.39, 0.29) is 12.1 Å². The van der Waals surface area contributed by atoms with Crippen LogP contribution in [0.3, 0.4) is 0 Å². The smallest absolute Gasteiger partial charge is 0.338 e. The zero-order chi connectivity index (χ0) is 16.6. The number of halogens is 2. The number of carbonyl (C=O) groups is 1. The van der Waals surface area contributed by atoms with Crippen molar-refractivity contribution in [2.45, 2.75) is 20.0 Å². The zero-order valence-corrected chi connectivity index (χ0v) is 14.1. The van der Waals surface area contributed by atoms with Crippen LogP contribution in [0.2, 0.25) is 10.0 Å². The number of aromatic amines is 1. The van der Waals surface area contributed by atoms with Crippen LogP contribution < -0.4 is 0 Å². The number of nitrogens with one attached hydrogen (secondary N) is 1. The molecule has 0 saturated heterocycles. The molecule has 0 radical (unpaired) electrons. The summed E-state index contributed by atoms with van der Waals surface area (Å²) in [5.74, 6) is 0.252. The average Bonchev–Trinajstić information content (AvgIpc) is 2.95. The maximum absolute atomic E-state index is 12.0. The van der Waals surface area contributed by atoms with Crippen LogP contribution in [0.25, 0.3) is 22.4 Å². The average molecular weight is 349 g/mol. The van der Waals surface area contributed by atoms with Crippen LogP contribution in [0.15, 0.2) is 36.4 Å². The first-order valence-corrected chi connectivity index (χ1v) is 7.86. The van der Waals surface area contributed by atoms with Crippen LogP contribution in [-0.4, -0.2) is 22.0 Å². The molecule has 0 amide bonds. The molecule has 118 valence electrons. The Morgan fingerprint density at radius 3 is 2.74 bits per heavy atom. The molecule has 23 heavy (non-hydrogen) atoms. The van der Waals surface area contributed by atoms with E-state index in [2.05, 4.69) is 9.97 Å². The Balaban J connectivity index is 2.02. The van der Waals surface area contributed by atoms with Crippen molar-refractivity contribution >= 4 is 40.2 Å². The molecule has 3 rings (SSSR count). The molecule has 1 aromatic heterocycles. The third kappa shape index (κ3) is 3.19. The lowest BCUT2D eigenvalue weighted by atomic mass is 10.1. The molecule has 3 aromatic rings. The molecule has 0 fully saturated rings. The number of rotatable bonds is 3. The highest BCUT2D eigenvalue weighted by Gasteiger charge is 2.13. The molecule has 4 nitrogen and oxygen atoms in total. The minimum atomic E-state index is -0.362. The highest BCUT2D eigenvalue weighted by Crippen LogP contribution is 2.31. The van der Waals surface area contributed by atoms with Gasteiger partial charge in [0.1, 0.15) is 11.3 Å². The van der Waals surface area contributed by atoms with E-state index < -0.39 is 0 Å². The number of carbonyl (C=O) groups excluding carboxylic acids is 1. The van der Waals surface area contributed by atoms with Gasteiger partial charge in [-0.2, -0.15) is 0 Å². The fourth-order valence-electron chi connectivity index (χ4n) is 2.23. The zero-order valence-electron chi connectivity index (χ0n) is 12.6. The molecule has 0 bridgehead atoms. The molecule has 0 atom stereocenters. The van der Waals surface area contributed by atoms with Crippen molar-refractivity contribution < 1.29 is 9.53 Å². The van der Waals surface area contributed by atoms with Gasteiger partial charge in [0.2, 0.25) is 0 Å². The van der Waals surface area contributed by atoms with E-state index in [1.807, 2.05) is 26.0 Å². The minimum Gasteiger partial charge on any atom is -0.459 e. The summed E-state index contributed by atoms with van der Waals surface area (Å²) < 4.78 is 5.21. The molecule has 0 aliphatic carbocycles. The first-order valence-electron chi connectivity index (χ1n) is 7.11. The lowest BCUT2D eigenvalue weighted by Gasteiger charge is -2.08. The summed E-state index contributed by atoms with van der Waals surface area (Å²) in [5.41, 5.74) is 2.63. The monoisotopic (exact) mass is 348 g/mol. The van der Waals surface area contributed by atoms with Gasteiger partial charge in [-0.05, 0) is 38.1 Å². The quantitative estimate of drug-likeness (QED) is 0.669. The highest BCUT2D eigenvalue weighted by atomic mass is 35.5. The van der Waals surface area contributed by atoms with Gasteiger partial charge in [0.15, 0.2) is 0 Å². The second-order valence-corrected chi connectivity index (χ2v) is 6.16. The third-order valence-corrected chi connectivity index (χ3v) is 4.05. The molecular weight excluding hydrogens is 335 g/mol. The summed E-state index contributed by atoms with van der Waals surface area (Å²) in [5, 5.41) is 0.855.